The van der Waals surface area contributed by atoms with Gasteiger partial charge in [0.2, 0.25) is 17.7 Å². The van der Waals surface area contributed by atoms with Crippen molar-refractivity contribution in [1.29, 1.82) is 0 Å². The Labute approximate surface area is 175 Å². The Bertz CT molecular complexity index is 902. The van der Waals surface area contributed by atoms with E-state index < -0.39 is 17.4 Å². The van der Waals surface area contributed by atoms with E-state index in [1.165, 1.54) is 12.0 Å². The van der Waals surface area contributed by atoms with Crippen LogP contribution in [0, 0.1) is 24.7 Å². The number of ether oxygens (including phenoxy) is 1. The van der Waals surface area contributed by atoms with Crippen LogP contribution >= 0.6 is 11.6 Å². The molecule has 4 atom stereocenters. The van der Waals surface area contributed by atoms with E-state index in [0.29, 0.717) is 28.6 Å². The molecule has 2 N–H and O–H groups in total. The summed E-state index contributed by atoms with van der Waals surface area (Å²) < 4.78 is 5.08. The molecule has 4 rings (SSSR count). The van der Waals surface area contributed by atoms with Gasteiger partial charge in [0.05, 0.1) is 30.7 Å². The molecule has 3 heterocycles. The highest BCUT2D eigenvalue weighted by molar-refractivity contribution is 6.32. The fourth-order valence-corrected chi connectivity index (χ4v) is 5.32. The van der Waals surface area contributed by atoms with Gasteiger partial charge >= 0.3 is 0 Å². The Morgan fingerprint density at radius 3 is 2.62 bits per heavy atom. The van der Waals surface area contributed by atoms with Crippen LogP contribution in [-0.4, -0.2) is 48.9 Å². The lowest BCUT2D eigenvalue weighted by molar-refractivity contribution is -0.143. The van der Waals surface area contributed by atoms with E-state index in [1.54, 1.807) is 12.1 Å². The number of benzene rings is 1. The molecule has 0 radical (unpaired) electrons. The second-order valence-electron chi connectivity index (χ2n) is 8.56. The number of anilines is 1. The van der Waals surface area contributed by atoms with Gasteiger partial charge in [0, 0.05) is 23.7 Å². The summed E-state index contributed by atoms with van der Waals surface area (Å²) >= 11 is 6.26. The number of hydrogen-bond donors (Lipinski definition) is 2. The summed E-state index contributed by atoms with van der Waals surface area (Å²) in [5, 5.41) is 6.91. The Kier molecular flexibility index (Phi) is 4.96. The van der Waals surface area contributed by atoms with Gasteiger partial charge in [0.1, 0.15) is 5.54 Å². The fraction of sp³-hybridized carbons (Fsp3) is 0.571. The van der Waals surface area contributed by atoms with Crippen LogP contribution in [0.2, 0.25) is 5.02 Å². The topological polar surface area (TPSA) is 87.7 Å². The monoisotopic (exact) mass is 419 g/mol. The molecule has 156 valence electrons. The van der Waals surface area contributed by atoms with E-state index in [9.17, 15) is 14.4 Å². The van der Waals surface area contributed by atoms with Crippen molar-refractivity contribution >= 4 is 35.0 Å². The highest BCUT2D eigenvalue weighted by Crippen LogP contribution is 2.54. The van der Waals surface area contributed by atoms with Gasteiger partial charge in [-0.15, -0.1) is 0 Å². The van der Waals surface area contributed by atoms with Crippen molar-refractivity contribution in [2.24, 2.45) is 17.8 Å². The fourth-order valence-electron chi connectivity index (χ4n) is 5.16. The van der Waals surface area contributed by atoms with E-state index in [0.717, 1.165) is 5.56 Å². The number of nitrogens with zero attached hydrogens (tertiary/aromatic N) is 1. The van der Waals surface area contributed by atoms with Crippen molar-refractivity contribution < 1.29 is 19.1 Å². The predicted molar refractivity (Wildman–Crippen MR) is 108 cm³/mol. The van der Waals surface area contributed by atoms with Crippen LogP contribution in [-0.2, 0) is 24.7 Å². The first-order valence-corrected chi connectivity index (χ1v) is 10.3. The molecule has 1 aromatic rings. The van der Waals surface area contributed by atoms with E-state index in [-0.39, 0.29) is 36.9 Å². The summed E-state index contributed by atoms with van der Waals surface area (Å²) in [6.07, 6.45) is 0.690. The van der Waals surface area contributed by atoms with Crippen LogP contribution in [0.1, 0.15) is 31.4 Å². The van der Waals surface area contributed by atoms with Crippen molar-refractivity contribution in [3.05, 3.63) is 28.3 Å². The number of halogens is 1. The first-order chi connectivity index (χ1) is 13.7. The Hall–Kier alpha value is -1.96. The molecule has 1 aromatic carbocycles. The van der Waals surface area contributed by atoms with Gasteiger partial charge in [0.25, 0.3) is 0 Å². The number of likely N-dealkylation sites (tertiary alicyclic amines) is 1. The van der Waals surface area contributed by atoms with E-state index in [4.69, 9.17) is 16.3 Å². The second kappa shape index (κ2) is 7.07. The molecular formula is C21H26ClN3O4. The molecule has 3 aliphatic rings. The molecule has 2 saturated heterocycles. The predicted octanol–water partition coefficient (Wildman–Crippen LogP) is 2.06. The number of hydrogen-bond acceptors (Lipinski definition) is 5. The molecule has 1 spiro atoms. The first kappa shape index (κ1) is 20.3. The Morgan fingerprint density at radius 1 is 1.24 bits per heavy atom. The SMILES string of the molecule is COCCN1C(=O)C2C(CC(C)C)NC3(C(=O)Nc4c3ccc(Cl)c4C)C2C1=O. The lowest BCUT2D eigenvalue weighted by Gasteiger charge is -2.30. The number of carbonyl (C=O) groups is 3. The summed E-state index contributed by atoms with van der Waals surface area (Å²) in [7, 11) is 1.53. The van der Waals surface area contributed by atoms with Gasteiger partial charge in [-0.05, 0) is 30.9 Å². The van der Waals surface area contributed by atoms with Crippen LogP contribution < -0.4 is 10.6 Å². The van der Waals surface area contributed by atoms with Gasteiger partial charge in [0.15, 0.2) is 0 Å². The third kappa shape index (κ3) is 2.75. The average Bonchev–Trinajstić information content (AvgIpc) is 3.22. The number of nitrogens with one attached hydrogen (secondary N) is 2. The maximum atomic E-state index is 13.4. The van der Waals surface area contributed by atoms with Gasteiger partial charge < -0.3 is 10.1 Å². The highest BCUT2D eigenvalue weighted by Gasteiger charge is 2.70. The van der Waals surface area contributed by atoms with Gasteiger partial charge in [-0.2, -0.15) is 0 Å². The van der Waals surface area contributed by atoms with Crippen LogP contribution in [0.4, 0.5) is 5.69 Å². The normalized spacial score (nSPS) is 30.5. The first-order valence-electron chi connectivity index (χ1n) is 9.96. The highest BCUT2D eigenvalue weighted by atomic mass is 35.5. The average molecular weight is 420 g/mol. The lowest BCUT2D eigenvalue weighted by Crippen LogP contribution is -2.53. The summed E-state index contributed by atoms with van der Waals surface area (Å²) in [5.74, 6) is -1.89. The molecule has 0 saturated carbocycles. The number of rotatable bonds is 5. The van der Waals surface area contributed by atoms with Gasteiger partial charge in [-0.3, -0.25) is 24.6 Å². The number of fused-ring (bicyclic) bond motifs is 4. The van der Waals surface area contributed by atoms with E-state index >= 15 is 0 Å². The number of carbonyl (C=O) groups excluding carboxylic acids is 3. The molecular weight excluding hydrogens is 394 g/mol. The maximum absolute atomic E-state index is 13.4. The minimum atomic E-state index is -1.26. The van der Waals surface area contributed by atoms with Crippen molar-refractivity contribution in [3.8, 4) is 0 Å². The van der Waals surface area contributed by atoms with Crippen LogP contribution in [0.3, 0.4) is 0 Å². The van der Waals surface area contributed by atoms with Gasteiger partial charge in [-0.1, -0.05) is 31.5 Å². The van der Waals surface area contributed by atoms with Gasteiger partial charge in [-0.25, -0.2) is 0 Å². The molecule has 3 amide bonds. The molecule has 0 aromatic heterocycles. The molecule has 0 bridgehead atoms. The van der Waals surface area contributed by atoms with E-state index in [2.05, 4.69) is 24.5 Å². The summed E-state index contributed by atoms with van der Waals surface area (Å²) in [6.45, 7) is 6.44. The summed E-state index contributed by atoms with van der Waals surface area (Å²) in [5.41, 5.74) is 0.826. The van der Waals surface area contributed by atoms with Crippen molar-refractivity contribution in [1.82, 2.24) is 10.2 Å². The maximum Gasteiger partial charge on any atom is 0.250 e. The number of imide groups is 1. The second-order valence-corrected chi connectivity index (χ2v) is 8.97. The summed E-state index contributed by atoms with van der Waals surface area (Å²) in [6, 6.07) is 3.27. The quantitative estimate of drug-likeness (QED) is 0.713. The third-order valence-electron chi connectivity index (χ3n) is 6.42. The Balaban J connectivity index is 1.85. The minimum absolute atomic E-state index is 0.194. The summed E-state index contributed by atoms with van der Waals surface area (Å²) in [4.78, 5) is 41.2. The Morgan fingerprint density at radius 2 is 1.97 bits per heavy atom. The minimum Gasteiger partial charge on any atom is -0.383 e. The zero-order chi connectivity index (χ0) is 21.1. The van der Waals surface area contributed by atoms with Crippen LogP contribution in [0.25, 0.3) is 0 Å². The molecule has 29 heavy (non-hydrogen) atoms. The van der Waals surface area contributed by atoms with Crippen LogP contribution in [0.5, 0.6) is 0 Å². The van der Waals surface area contributed by atoms with Crippen LogP contribution in [0.15, 0.2) is 12.1 Å². The van der Waals surface area contributed by atoms with Crippen molar-refractivity contribution in [3.63, 3.8) is 0 Å². The largest absolute Gasteiger partial charge is 0.383 e. The third-order valence-corrected chi connectivity index (χ3v) is 6.83. The molecule has 7 nitrogen and oxygen atoms in total. The van der Waals surface area contributed by atoms with Crippen molar-refractivity contribution in [2.45, 2.75) is 38.8 Å². The molecule has 4 unspecified atom stereocenters. The molecule has 2 fully saturated rings. The molecule has 8 heteroatoms. The number of methoxy groups -OCH3 is 1. The molecule has 3 aliphatic heterocycles. The zero-order valence-electron chi connectivity index (χ0n) is 17.0. The lowest BCUT2D eigenvalue weighted by atomic mass is 9.76. The smallest absolute Gasteiger partial charge is 0.250 e. The molecule has 0 aliphatic carbocycles. The standard InChI is InChI=1S/C21H26ClN3O4/c1-10(2)9-14-15-16(19(27)25(18(15)26)7-8-29-4)21(24-14)12-5-6-13(22)11(3)17(12)23-20(21)28/h5-6,10,14-16,24H,7-9H2,1-4H3,(H,23,28). The zero-order valence-corrected chi connectivity index (χ0v) is 17.8. The number of amides is 3. The van der Waals surface area contributed by atoms with Crippen molar-refractivity contribution in [2.75, 3.05) is 25.6 Å². The van der Waals surface area contributed by atoms with E-state index in [1.807, 2.05) is 6.92 Å².